The van der Waals surface area contributed by atoms with Gasteiger partial charge in [-0.25, -0.2) is 4.39 Å². The van der Waals surface area contributed by atoms with Gasteiger partial charge in [-0.1, -0.05) is 25.0 Å². The van der Waals surface area contributed by atoms with Gasteiger partial charge in [0.15, 0.2) is 0 Å². The Bertz CT molecular complexity index is 657. The number of thioether (sulfide) groups is 1. The number of amides is 2. The summed E-state index contributed by atoms with van der Waals surface area (Å²) in [6, 6.07) is 6.65. The number of carbonyl (C=O) groups excluding carboxylic acids is 2. The predicted molar refractivity (Wildman–Crippen MR) is 110 cm³/mol. The van der Waals surface area contributed by atoms with Crippen molar-refractivity contribution in [2.24, 2.45) is 0 Å². The van der Waals surface area contributed by atoms with E-state index in [1.54, 1.807) is 18.2 Å². The summed E-state index contributed by atoms with van der Waals surface area (Å²) in [5.74, 6) is 0.681. The van der Waals surface area contributed by atoms with Crippen molar-refractivity contribution in [1.82, 2.24) is 14.7 Å². The fraction of sp³-hybridized carbons (Fsp3) is 0.619. The van der Waals surface area contributed by atoms with Crippen molar-refractivity contribution in [3.8, 4) is 0 Å². The summed E-state index contributed by atoms with van der Waals surface area (Å²) in [6.07, 6.45) is 5.07. The summed E-state index contributed by atoms with van der Waals surface area (Å²) >= 11 is 1.38. The molecule has 2 aliphatic rings. The summed E-state index contributed by atoms with van der Waals surface area (Å²) in [4.78, 5) is 31.5. The topological polar surface area (TPSA) is 43.9 Å². The number of carbonyl (C=O) groups is 2. The Morgan fingerprint density at radius 1 is 0.857 bits per heavy atom. The van der Waals surface area contributed by atoms with Gasteiger partial charge in [0.05, 0.1) is 6.54 Å². The number of hydrogen-bond acceptors (Lipinski definition) is 4. The first kappa shape index (κ1) is 21.1. The van der Waals surface area contributed by atoms with Crippen molar-refractivity contribution in [3.63, 3.8) is 0 Å². The van der Waals surface area contributed by atoms with Crippen molar-refractivity contribution in [3.05, 3.63) is 30.1 Å². The van der Waals surface area contributed by atoms with Crippen LogP contribution in [-0.4, -0.2) is 78.1 Å². The zero-order valence-electron chi connectivity index (χ0n) is 16.4. The third kappa shape index (κ3) is 6.21. The maximum absolute atomic E-state index is 13.6. The molecule has 5 nitrogen and oxygen atoms in total. The van der Waals surface area contributed by atoms with Crippen LogP contribution in [0.1, 0.15) is 32.1 Å². The predicted octanol–water partition coefficient (Wildman–Crippen LogP) is 2.85. The SMILES string of the molecule is O=C(CCSc1ccccc1F)N1CCN(CC(=O)N2CCCCCC2)CC1. The van der Waals surface area contributed by atoms with Crippen LogP contribution in [0.3, 0.4) is 0 Å². The molecule has 154 valence electrons. The van der Waals surface area contributed by atoms with Crippen LogP contribution in [-0.2, 0) is 9.59 Å². The van der Waals surface area contributed by atoms with Crippen LogP contribution in [0.25, 0.3) is 0 Å². The van der Waals surface area contributed by atoms with Gasteiger partial charge in [-0.3, -0.25) is 14.5 Å². The lowest BCUT2D eigenvalue weighted by atomic mass is 10.2. The van der Waals surface area contributed by atoms with E-state index in [0.29, 0.717) is 36.7 Å². The molecule has 2 fully saturated rings. The number of rotatable bonds is 6. The first-order valence-corrected chi connectivity index (χ1v) is 11.3. The second-order valence-electron chi connectivity index (χ2n) is 7.48. The van der Waals surface area contributed by atoms with Gasteiger partial charge in [-0.15, -0.1) is 11.8 Å². The van der Waals surface area contributed by atoms with Crippen molar-refractivity contribution in [2.45, 2.75) is 37.0 Å². The number of benzene rings is 1. The first-order chi connectivity index (χ1) is 13.6. The molecule has 7 heteroatoms. The number of halogens is 1. The average Bonchev–Trinajstić information content (AvgIpc) is 2.99. The molecular weight excluding hydrogens is 377 g/mol. The Balaban J connectivity index is 1.35. The number of nitrogens with zero attached hydrogens (tertiary/aromatic N) is 3. The quantitative estimate of drug-likeness (QED) is 0.680. The van der Waals surface area contributed by atoms with Gasteiger partial charge in [-0.2, -0.15) is 0 Å². The van der Waals surface area contributed by atoms with E-state index < -0.39 is 0 Å². The Morgan fingerprint density at radius 2 is 1.50 bits per heavy atom. The molecule has 0 bridgehead atoms. The summed E-state index contributed by atoms with van der Waals surface area (Å²) in [5, 5.41) is 0. The highest BCUT2D eigenvalue weighted by molar-refractivity contribution is 7.99. The van der Waals surface area contributed by atoms with E-state index in [4.69, 9.17) is 0 Å². The lowest BCUT2D eigenvalue weighted by Crippen LogP contribution is -2.51. The second-order valence-corrected chi connectivity index (χ2v) is 8.62. The normalized spacial score (nSPS) is 18.8. The summed E-state index contributed by atoms with van der Waals surface area (Å²) in [5.41, 5.74) is 0. The molecule has 28 heavy (non-hydrogen) atoms. The molecule has 0 spiro atoms. The molecule has 0 aliphatic carbocycles. The summed E-state index contributed by atoms with van der Waals surface area (Å²) in [6.45, 7) is 5.05. The molecule has 1 aromatic rings. The monoisotopic (exact) mass is 407 g/mol. The second kappa shape index (κ2) is 10.8. The highest BCUT2D eigenvalue weighted by atomic mass is 32.2. The fourth-order valence-corrected chi connectivity index (χ4v) is 4.61. The van der Waals surface area contributed by atoms with E-state index in [-0.39, 0.29) is 17.6 Å². The van der Waals surface area contributed by atoms with Crippen LogP contribution in [0.15, 0.2) is 29.2 Å². The van der Waals surface area contributed by atoms with Gasteiger partial charge in [0, 0.05) is 56.3 Å². The summed E-state index contributed by atoms with van der Waals surface area (Å²) < 4.78 is 13.6. The molecule has 0 saturated carbocycles. The van der Waals surface area contributed by atoms with Crippen LogP contribution in [0.2, 0.25) is 0 Å². The van der Waals surface area contributed by atoms with Gasteiger partial charge >= 0.3 is 0 Å². The minimum Gasteiger partial charge on any atom is -0.342 e. The number of likely N-dealkylation sites (tertiary alicyclic amines) is 1. The summed E-state index contributed by atoms with van der Waals surface area (Å²) in [7, 11) is 0. The third-order valence-electron chi connectivity index (χ3n) is 5.45. The molecule has 0 unspecified atom stereocenters. The highest BCUT2D eigenvalue weighted by Crippen LogP contribution is 2.22. The van der Waals surface area contributed by atoms with E-state index in [1.165, 1.54) is 30.7 Å². The van der Waals surface area contributed by atoms with Crippen molar-refractivity contribution < 1.29 is 14.0 Å². The molecule has 1 aromatic carbocycles. The molecule has 3 rings (SSSR count). The Labute approximate surface area is 171 Å². The average molecular weight is 408 g/mol. The number of hydrogen-bond donors (Lipinski definition) is 0. The Hall–Kier alpha value is -1.60. The standard InChI is InChI=1S/C21H30FN3O2S/c22-18-7-3-4-8-19(18)28-16-9-20(26)25-14-12-23(13-15-25)17-21(27)24-10-5-1-2-6-11-24/h3-4,7-8H,1-2,5-6,9-17H2. The van der Waals surface area contributed by atoms with E-state index in [2.05, 4.69) is 4.90 Å². The Kier molecular flexibility index (Phi) is 8.15. The largest absolute Gasteiger partial charge is 0.342 e. The van der Waals surface area contributed by atoms with Gasteiger partial charge in [0.25, 0.3) is 0 Å². The zero-order valence-corrected chi connectivity index (χ0v) is 17.3. The molecule has 0 radical (unpaired) electrons. The van der Waals surface area contributed by atoms with Crippen molar-refractivity contribution >= 4 is 23.6 Å². The van der Waals surface area contributed by atoms with Gasteiger partial charge < -0.3 is 9.80 Å². The van der Waals surface area contributed by atoms with E-state index in [0.717, 1.165) is 39.0 Å². The van der Waals surface area contributed by atoms with E-state index in [1.807, 2.05) is 9.80 Å². The highest BCUT2D eigenvalue weighted by Gasteiger charge is 2.24. The zero-order chi connectivity index (χ0) is 19.8. The molecular formula is C21H30FN3O2S. The van der Waals surface area contributed by atoms with Crippen LogP contribution >= 0.6 is 11.8 Å². The van der Waals surface area contributed by atoms with Gasteiger partial charge in [-0.05, 0) is 25.0 Å². The van der Waals surface area contributed by atoms with Gasteiger partial charge in [0.1, 0.15) is 5.82 Å². The lowest BCUT2D eigenvalue weighted by Gasteiger charge is -2.35. The fourth-order valence-electron chi connectivity index (χ4n) is 3.73. The van der Waals surface area contributed by atoms with Crippen LogP contribution in [0.5, 0.6) is 0 Å². The van der Waals surface area contributed by atoms with E-state index >= 15 is 0 Å². The lowest BCUT2D eigenvalue weighted by molar-refractivity contribution is -0.134. The van der Waals surface area contributed by atoms with E-state index in [9.17, 15) is 14.0 Å². The molecule has 2 amide bonds. The van der Waals surface area contributed by atoms with Crippen LogP contribution < -0.4 is 0 Å². The molecule has 2 aliphatic heterocycles. The minimum absolute atomic E-state index is 0.113. The van der Waals surface area contributed by atoms with Crippen molar-refractivity contribution in [2.75, 3.05) is 51.6 Å². The first-order valence-electron chi connectivity index (χ1n) is 10.3. The molecule has 2 saturated heterocycles. The maximum atomic E-state index is 13.6. The smallest absolute Gasteiger partial charge is 0.236 e. The minimum atomic E-state index is -0.234. The molecule has 2 heterocycles. The molecule has 0 atom stereocenters. The molecule has 0 aromatic heterocycles. The maximum Gasteiger partial charge on any atom is 0.236 e. The number of piperazine rings is 1. The third-order valence-corrected chi connectivity index (χ3v) is 6.50. The van der Waals surface area contributed by atoms with Crippen LogP contribution in [0.4, 0.5) is 4.39 Å². The van der Waals surface area contributed by atoms with Gasteiger partial charge in [0.2, 0.25) is 11.8 Å². The Morgan fingerprint density at radius 3 is 2.18 bits per heavy atom. The van der Waals surface area contributed by atoms with Crippen LogP contribution in [0, 0.1) is 5.82 Å². The molecule has 0 N–H and O–H groups in total. The van der Waals surface area contributed by atoms with Crippen molar-refractivity contribution in [1.29, 1.82) is 0 Å².